The highest BCUT2D eigenvalue weighted by atomic mass is 35.5. The second kappa shape index (κ2) is 11.9. The monoisotopic (exact) mass is 614 g/mol. The van der Waals surface area contributed by atoms with E-state index in [1.165, 1.54) is 30.3 Å². The summed E-state index contributed by atoms with van der Waals surface area (Å²) >= 11 is 4.10. The van der Waals surface area contributed by atoms with Gasteiger partial charge in [-0.2, -0.15) is 18.2 Å². The quantitative estimate of drug-likeness (QED) is 0.234. The minimum atomic E-state index is -4.75. The van der Waals surface area contributed by atoms with Gasteiger partial charge in [-0.05, 0) is 62.8 Å². The van der Waals surface area contributed by atoms with E-state index in [0.717, 1.165) is 6.07 Å². The lowest BCUT2D eigenvalue weighted by Crippen LogP contribution is -2.42. The van der Waals surface area contributed by atoms with Gasteiger partial charge in [-0.3, -0.25) is 0 Å². The molecule has 2 atom stereocenters. The molecule has 15 heteroatoms. The number of piperidine rings is 1. The van der Waals surface area contributed by atoms with Gasteiger partial charge < -0.3 is 25.2 Å². The van der Waals surface area contributed by atoms with Gasteiger partial charge in [-0.1, -0.05) is 35.9 Å². The molecule has 1 aromatic heterocycles. The molecule has 0 bridgehead atoms. The number of carbonyl (C=O) groups excluding carboxylic acids is 1. The fraction of sp³-hybridized carbons (Fsp3) is 0.423. The SMILES string of the molecule is CC(C)(C)OC(=O)N1CCC(C(c2ccc(-c3c(Cl)cc(Nc4n[nH]c(N)n4)cc3C(F)(F)F)cc2)S(=O)O)CC1. The molecule has 2 unspecified atom stereocenters. The number of likely N-dealkylation sites (tertiary alicyclic amines) is 1. The van der Waals surface area contributed by atoms with Crippen LogP contribution in [-0.2, 0) is 22.0 Å². The molecule has 1 amide bonds. The van der Waals surface area contributed by atoms with Gasteiger partial charge in [0.05, 0.1) is 15.8 Å². The van der Waals surface area contributed by atoms with Gasteiger partial charge in [0.15, 0.2) is 11.1 Å². The Bertz CT molecular complexity index is 1420. The van der Waals surface area contributed by atoms with Crippen LogP contribution in [0.1, 0.15) is 50.0 Å². The zero-order chi connectivity index (χ0) is 30.1. The number of amides is 1. The Morgan fingerprint density at radius 3 is 2.37 bits per heavy atom. The fourth-order valence-electron chi connectivity index (χ4n) is 4.76. The zero-order valence-electron chi connectivity index (χ0n) is 22.5. The highest BCUT2D eigenvalue weighted by Gasteiger charge is 2.37. The maximum absolute atomic E-state index is 14.1. The molecule has 4 rings (SSSR count). The summed E-state index contributed by atoms with van der Waals surface area (Å²) in [5.74, 6) is -0.263. The maximum atomic E-state index is 14.1. The number of H-pyrrole nitrogens is 1. The first kappa shape index (κ1) is 30.6. The first-order valence-electron chi connectivity index (χ1n) is 12.7. The molecule has 1 fully saturated rings. The van der Waals surface area contributed by atoms with E-state index in [1.807, 2.05) is 0 Å². The molecule has 1 saturated heterocycles. The first-order valence-corrected chi connectivity index (χ1v) is 14.2. The molecule has 5 N–H and O–H groups in total. The second-order valence-corrected chi connectivity index (χ2v) is 12.1. The number of ether oxygens (including phenoxy) is 1. The normalized spacial score (nSPS) is 16.3. The van der Waals surface area contributed by atoms with Crippen LogP contribution in [0.5, 0.6) is 0 Å². The highest BCUT2D eigenvalue weighted by molar-refractivity contribution is 7.79. The van der Waals surface area contributed by atoms with Crippen molar-refractivity contribution in [1.29, 1.82) is 0 Å². The predicted octanol–water partition coefficient (Wildman–Crippen LogP) is 6.38. The number of nitrogens with zero attached hydrogens (tertiary/aromatic N) is 3. The number of aromatic amines is 1. The lowest BCUT2D eigenvalue weighted by atomic mass is 9.88. The number of aromatic nitrogens is 3. The van der Waals surface area contributed by atoms with Crippen molar-refractivity contribution in [1.82, 2.24) is 20.1 Å². The number of benzene rings is 2. The molecule has 10 nitrogen and oxygen atoms in total. The Morgan fingerprint density at radius 2 is 1.85 bits per heavy atom. The van der Waals surface area contributed by atoms with Crippen molar-refractivity contribution < 1.29 is 31.5 Å². The van der Waals surface area contributed by atoms with Crippen molar-refractivity contribution in [3.05, 3.63) is 52.5 Å². The molecule has 0 aliphatic carbocycles. The van der Waals surface area contributed by atoms with Crippen LogP contribution in [-0.4, -0.2) is 53.6 Å². The topological polar surface area (TPSA) is 146 Å². The number of carbonyl (C=O) groups is 1. The summed E-state index contributed by atoms with van der Waals surface area (Å²) in [5, 5.41) is 7.81. The van der Waals surface area contributed by atoms with Crippen molar-refractivity contribution in [2.45, 2.75) is 50.6 Å². The molecular formula is C26H30ClF3N6O4S. The van der Waals surface area contributed by atoms with Crippen LogP contribution in [0.3, 0.4) is 0 Å². The number of nitrogens with two attached hydrogens (primary N) is 1. The van der Waals surface area contributed by atoms with Gasteiger partial charge in [-0.15, -0.1) is 5.10 Å². The minimum Gasteiger partial charge on any atom is -0.444 e. The van der Waals surface area contributed by atoms with E-state index in [2.05, 4.69) is 20.5 Å². The van der Waals surface area contributed by atoms with Crippen molar-refractivity contribution in [2.24, 2.45) is 5.92 Å². The number of nitrogens with one attached hydrogen (secondary N) is 2. The Balaban J connectivity index is 1.56. The van der Waals surface area contributed by atoms with E-state index in [0.29, 0.717) is 31.5 Å². The van der Waals surface area contributed by atoms with Crippen LogP contribution in [0.15, 0.2) is 36.4 Å². The molecule has 222 valence electrons. The van der Waals surface area contributed by atoms with Crippen LogP contribution in [0, 0.1) is 5.92 Å². The van der Waals surface area contributed by atoms with Crippen molar-refractivity contribution >= 4 is 46.4 Å². The molecule has 1 aliphatic heterocycles. The number of alkyl halides is 3. The number of rotatable bonds is 6. The van der Waals surface area contributed by atoms with Crippen molar-refractivity contribution in [2.75, 3.05) is 24.1 Å². The summed E-state index contributed by atoms with van der Waals surface area (Å²) < 4.78 is 70.3. The molecule has 2 heterocycles. The summed E-state index contributed by atoms with van der Waals surface area (Å²) in [6.45, 7) is 6.04. The molecule has 1 aliphatic rings. The Labute approximate surface area is 242 Å². The first-order chi connectivity index (χ1) is 19.1. The van der Waals surface area contributed by atoms with Gasteiger partial charge in [0.2, 0.25) is 11.9 Å². The van der Waals surface area contributed by atoms with Crippen LogP contribution in [0.4, 0.5) is 35.5 Å². The van der Waals surface area contributed by atoms with E-state index in [1.54, 1.807) is 25.7 Å². The van der Waals surface area contributed by atoms with Gasteiger partial charge in [0.25, 0.3) is 0 Å². The molecule has 0 saturated carbocycles. The molecule has 3 aromatic rings. The van der Waals surface area contributed by atoms with Gasteiger partial charge >= 0.3 is 12.3 Å². The Kier molecular flexibility index (Phi) is 8.85. The van der Waals surface area contributed by atoms with Crippen LogP contribution in [0.25, 0.3) is 11.1 Å². The highest BCUT2D eigenvalue weighted by Crippen LogP contribution is 2.44. The van der Waals surface area contributed by atoms with Crippen LogP contribution < -0.4 is 11.1 Å². The fourth-order valence-corrected chi connectivity index (χ4v) is 6.08. The maximum Gasteiger partial charge on any atom is 0.417 e. The Hall–Kier alpha value is -3.36. The molecule has 41 heavy (non-hydrogen) atoms. The summed E-state index contributed by atoms with van der Waals surface area (Å²) in [4.78, 5) is 17.8. The third-order valence-electron chi connectivity index (χ3n) is 6.52. The Morgan fingerprint density at radius 1 is 1.22 bits per heavy atom. The molecule has 0 radical (unpaired) electrons. The number of halogens is 4. The van der Waals surface area contributed by atoms with E-state index in [4.69, 9.17) is 22.1 Å². The van der Waals surface area contributed by atoms with Gasteiger partial charge in [0, 0.05) is 24.3 Å². The predicted molar refractivity (Wildman–Crippen MR) is 150 cm³/mol. The van der Waals surface area contributed by atoms with E-state index < -0.39 is 39.8 Å². The molecular weight excluding hydrogens is 585 g/mol. The smallest absolute Gasteiger partial charge is 0.417 e. The average molecular weight is 615 g/mol. The molecule has 0 spiro atoms. The van der Waals surface area contributed by atoms with Crippen LogP contribution in [0.2, 0.25) is 5.02 Å². The lowest BCUT2D eigenvalue weighted by Gasteiger charge is -2.35. The number of anilines is 3. The van der Waals surface area contributed by atoms with E-state index in [9.17, 15) is 26.7 Å². The van der Waals surface area contributed by atoms with Gasteiger partial charge in [-0.25, -0.2) is 14.1 Å². The third-order valence-corrected chi connectivity index (χ3v) is 7.91. The van der Waals surface area contributed by atoms with E-state index >= 15 is 0 Å². The second-order valence-electron chi connectivity index (χ2n) is 10.7. The number of hydrogen-bond donors (Lipinski definition) is 4. The van der Waals surface area contributed by atoms with Crippen molar-refractivity contribution in [3.8, 4) is 11.1 Å². The largest absolute Gasteiger partial charge is 0.444 e. The number of hydrogen-bond acceptors (Lipinski definition) is 7. The molecule has 2 aromatic carbocycles. The van der Waals surface area contributed by atoms with Crippen LogP contribution >= 0.6 is 11.6 Å². The summed E-state index contributed by atoms with van der Waals surface area (Å²) in [6.07, 6.45) is -4.25. The van der Waals surface area contributed by atoms with E-state index in [-0.39, 0.29) is 39.7 Å². The minimum absolute atomic E-state index is 0.00941. The summed E-state index contributed by atoms with van der Waals surface area (Å²) in [7, 11) is 0. The van der Waals surface area contributed by atoms with Crippen molar-refractivity contribution in [3.63, 3.8) is 0 Å². The lowest BCUT2D eigenvalue weighted by molar-refractivity contribution is -0.137. The zero-order valence-corrected chi connectivity index (χ0v) is 24.0. The third kappa shape index (κ3) is 7.49. The summed E-state index contributed by atoms with van der Waals surface area (Å²) in [6, 6.07) is 8.18. The number of nitrogen functional groups attached to an aromatic ring is 1. The van der Waals surface area contributed by atoms with Gasteiger partial charge in [0.1, 0.15) is 5.60 Å². The summed E-state index contributed by atoms with van der Waals surface area (Å²) in [5.41, 5.74) is 4.30. The standard InChI is InChI=1S/C26H30ClF3N6O4S/c1-25(2,3)40-24(37)36-10-8-16(9-11-36)21(41(38)39)15-6-4-14(5-7-15)20-18(26(28,29)30)12-17(13-19(20)27)32-23-33-22(31)34-35-23/h4-7,12-13,16,21H,8-11H2,1-3H3,(H,38,39)(H4,31,32,33,34,35). The average Bonchev–Trinajstić information content (AvgIpc) is 3.27.